The highest BCUT2D eigenvalue weighted by atomic mass is 127. The van der Waals surface area contributed by atoms with Crippen molar-refractivity contribution in [1.82, 2.24) is 9.62 Å². The number of methoxy groups -OCH3 is 1. The maximum Gasteiger partial charge on any atom is 0.240 e. The van der Waals surface area contributed by atoms with Crippen molar-refractivity contribution in [2.75, 3.05) is 20.2 Å². The molecule has 5 nitrogen and oxygen atoms in total. The normalized spacial score (nSPS) is 15.6. The molecule has 1 heterocycles. The predicted octanol–water partition coefficient (Wildman–Crippen LogP) is 3.76. The number of piperidine rings is 1. The molecule has 1 saturated heterocycles. The molecule has 7 heteroatoms. The van der Waals surface area contributed by atoms with Gasteiger partial charge in [-0.1, -0.05) is 30.7 Å². The van der Waals surface area contributed by atoms with Gasteiger partial charge in [0.25, 0.3) is 0 Å². The van der Waals surface area contributed by atoms with Crippen molar-refractivity contribution in [3.05, 3.63) is 57.2 Å². The molecule has 27 heavy (non-hydrogen) atoms. The van der Waals surface area contributed by atoms with Crippen molar-refractivity contribution in [3.63, 3.8) is 0 Å². The van der Waals surface area contributed by atoms with Crippen molar-refractivity contribution in [1.29, 1.82) is 0 Å². The molecule has 2 aromatic rings. The van der Waals surface area contributed by atoms with Crippen molar-refractivity contribution in [2.24, 2.45) is 0 Å². The van der Waals surface area contributed by atoms with Gasteiger partial charge in [-0.05, 0) is 77.8 Å². The number of nitrogens with zero attached hydrogens (tertiary/aromatic N) is 1. The number of nitrogens with one attached hydrogen (secondary N) is 1. The van der Waals surface area contributed by atoms with E-state index in [9.17, 15) is 8.42 Å². The second-order valence-corrected chi connectivity index (χ2v) is 9.70. The second kappa shape index (κ2) is 9.36. The summed E-state index contributed by atoms with van der Waals surface area (Å²) in [5, 5.41) is 0. The Labute approximate surface area is 175 Å². The molecule has 1 aliphatic rings. The van der Waals surface area contributed by atoms with Crippen LogP contribution in [0.4, 0.5) is 0 Å². The molecule has 0 aromatic heterocycles. The fourth-order valence-corrected chi connectivity index (χ4v) is 5.20. The van der Waals surface area contributed by atoms with E-state index in [1.165, 1.54) is 37.9 Å². The topological polar surface area (TPSA) is 58.6 Å². The van der Waals surface area contributed by atoms with Crippen molar-refractivity contribution >= 4 is 32.6 Å². The lowest BCUT2D eigenvalue weighted by Gasteiger charge is -2.26. The van der Waals surface area contributed by atoms with E-state index in [-0.39, 0.29) is 11.4 Å². The maximum absolute atomic E-state index is 12.5. The van der Waals surface area contributed by atoms with E-state index >= 15 is 0 Å². The first kappa shape index (κ1) is 20.6. The zero-order chi connectivity index (χ0) is 19.3. The average Bonchev–Trinajstić information content (AvgIpc) is 2.68. The van der Waals surface area contributed by atoms with E-state index in [0.29, 0.717) is 5.75 Å². The van der Waals surface area contributed by atoms with Crippen molar-refractivity contribution < 1.29 is 13.2 Å². The molecule has 3 rings (SSSR count). The van der Waals surface area contributed by atoms with Gasteiger partial charge in [0, 0.05) is 13.1 Å². The fraction of sp³-hybridized carbons (Fsp3) is 0.400. The number of rotatable bonds is 7. The van der Waals surface area contributed by atoms with Gasteiger partial charge < -0.3 is 4.74 Å². The Hall–Kier alpha value is -1.16. The third kappa shape index (κ3) is 5.66. The van der Waals surface area contributed by atoms with Crippen LogP contribution in [0, 0.1) is 3.57 Å². The molecule has 0 unspecified atom stereocenters. The van der Waals surface area contributed by atoms with E-state index in [0.717, 1.165) is 15.7 Å². The van der Waals surface area contributed by atoms with Gasteiger partial charge in [0.05, 0.1) is 15.6 Å². The summed E-state index contributed by atoms with van der Waals surface area (Å²) in [6, 6.07) is 13.0. The van der Waals surface area contributed by atoms with Crippen molar-refractivity contribution in [2.45, 2.75) is 37.2 Å². The monoisotopic (exact) mass is 500 g/mol. The van der Waals surface area contributed by atoms with Crippen LogP contribution in [-0.2, 0) is 23.1 Å². The molecule has 0 amide bonds. The number of halogens is 1. The third-order valence-electron chi connectivity index (χ3n) is 4.78. The zero-order valence-corrected chi connectivity index (χ0v) is 18.4. The minimum absolute atomic E-state index is 0.245. The molecule has 146 valence electrons. The van der Waals surface area contributed by atoms with Crippen LogP contribution >= 0.6 is 22.6 Å². The molecule has 1 aliphatic heterocycles. The quantitative estimate of drug-likeness (QED) is 0.589. The SMILES string of the molecule is COc1ccc(S(=O)(=O)NCc2ccc(CN3CCCCC3)cc2)cc1I. The van der Waals surface area contributed by atoms with Gasteiger partial charge in [-0.3, -0.25) is 4.90 Å². The molecule has 0 atom stereocenters. The lowest BCUT2D eigenvalue weighted by atomic mass is 10.1. The zero-order valence-electron chi connectivity index (χ0n) is 15.4. The van der Waals surface area contributed by atoms with Crippen LogP contribution in [0.3, 0.4) is 0 Å². The van der Waals surface area contributed by atoms with Crippen molar-refractivity contribution in [3.8, 4) is 5.75 Å². The van der Waals surface area contributed by atoms with Gasteiger partial charge in [0.1, 0.15) is 5.75 Å². The lowest BCUT2D eigenvalue weighted by molar-refractivity contribution is 0.221. The number of hydrogen-bond donors (Lipinski definition) is 1. The van der Waals surface area contributed by atoms with Crippen LogP contribution in [0.25, 0.3) is 0 Å². The summed E-state index contributed by atoms with van der Waals surface area (Å²) in [6.45, 7) is 3.58. The fourth-order valence-electron chi connectivity index (χ4n) is 3.21. The van der Waals surface area contributed by atoms with Gasteiger partial charge >= 0.3 is 0 Å². The minimum atomic E-state index is -3.56. The maximum atomic E-state index is 12.5. The number of benzene rings is 2. The van der Waals surface area contributed by atoms with E-state index < -0.39 is 10.0 Å². The Morgan fingerprint density at radius 1 is 1.04 bits per heavy atom. The molecule has 1 fully saturated rings. The molecule has 0 radical (unpaired) electrons. The van der Waals surface area contributed by atoms with Crippen LogP contribution in [-0.4, -0.2) is 33.5 Å². The predicted molar refractivity (Wildman–Crippen MR) is 115 cm³/mol. The largest absolute Gasteiger partial charge is 0.496 e. The Morgan fingerprint density at radius 3 is 2.33 bits per heavy atom. The minimum Gasteiger partial charge on any atom is -0.496 e. The molecule has 0 bridgehead atoms. The highest BCUT2D eigenvalue weighted by Gasteiger charge is 2.16. The van der Waals surface area contributed by atoms with Crippen LogP contribution in [0.1, 0.15) is 30.4 Å². The molecular formula is C20H25IN2O3S. The highest BCUT2D eigenvalue weighted by Crippen LogP contribution is 2.24. The number of likely N-dealkylation sites (tertiary alicyclic amines) is 1. The second-order valence-electron chi connectivity index (χ2n) is 6.77. The Morgan fingerprint density at radius 2 is 1.70 bits per heavy atom. The van der Waals surface area contributed by atoms with Crippen LogP contribution in [0.5, 0.6) is 5.75 Å². The van der Waals surface area contributed by atoms with E-state index in [4.69, 9.17) is 4.74 Å². The average molecular weight is 500 g/mol. The Balaban J connectivity index is 1.59. The molecule has 1 N–H and O–H groups in total. The Bertz CT molecular complexity index is 863. The molecule has 0 aliphatic carbocycles. The molecule has 0 spiro atoms. The van der Waals surface area contributed by atoms with Gasteiger partial charge in [-0.2, -0.15) is 0 Å². The summed E-state index contributed by atoms with van der Waals surface area (Å²) in [4.78, 5) is 2.72. The summed E-state index contributed by atoms with van der Waals surface area (Å²) >= 11 is 2.07. The summed E-state index contributed by atoms with van der Waals surface area (Å²) in [6.07, 6.45) is 3.90. The lowest BCUT2D eigenvalue weighted by Crippen LogP contribution is -2.29. The molecule has 0 saturated carbocycles. The van der Waals surface area contributed by atoms with Crippen LogP contribution in [0.15, 0.2) is 47.4 Å². The van der Waals surface area contributed by atoms with Gasteiger partial charge in [-0.25, -0.2) is 13.1 Å². The number of ether oxygens (including phenoxy) is 1. The summed E-state index contributed by atoms with van der Waals surface area (Å²) < 4.78 is 33.7. The van der Waals surface area contributed by atoms with Crippen LogP contribution < -0.4 is 9.46 Å². The highest BCUT2D eigenvalue weighted by molar-refractivity contribution is 14.1. The van der Waals surface area contributed by atoms with Gasteiger partial charge in [-0.15, -0.1) is 0 Å². The summed E-state index contributed by atoms with van der Waals surface area (Å²) in [5.74, 6) is 0.666. The van der Waals surface area contributed by atoms with Crippen LogP contribution in [0.2, 0.25) is 0 Å². The summed E-state index contributed by atoms with van der Waals surface area (Å²) in [5.41, 5.74) is 2.22. The molecule has 2 aromatic carbocycles. The first-order valence-electron chi connectivity index (χ1n) is 9.11. The van der Waals surface area contributed by atoms with E-state index in [2.05, 4.69) is 44.3 Å². The van der Waals surface area contributed by atoms with E-state index in [1.54, 1.807) is 25.3 Å². The first-order valence-corrected chi connectivity index (χ1v) is 11.7. The summed E-state index contributed by atoms with van der Waals surface area (Å²) in [7, 11) is -1.99. The number of hydrogen-bond acceptors (Lipinski definition) is 4. The van der Waals surface area contributed by atoms with Gasteiger partial charge in [0.2, 0.25) is 10.0 Å². The molecular weight excluding hydrogens is 475 g/mol. The smallest absolute Gasteiger partial charge is 0.240 e. The van der Waals surface area contributed by atoms with E-state index in [1.807, 2.05) is 12.1 Å². The third-order valence-corrected chi connectivity index (χ3v) is 7.02. The number of sulfonamides is 1. The first-order chi connectivity index (χ1) is 13.0. The standard InChI is InChI=1S/C20H25IN2O3S/c1-26-20-10-9-18(13-19(20)21)27(24,25)22-14-16-5-7-17(8-6-16)15-23-11-3-2-4-12-23/h5-10,13,22H,2-4,11-12,14-15H2,1H3. The Kier molecular flexibility index (Phi) is 7.13. The van der Waals surface area contributed by atoms with Gasteiger partial charge in [0.15, 0.2) is 0 Å².